The minimum absolute atomic E-state index is 0.0277. The van der Waals surface area contributed by atoms with Gasteiger partial charge in [-0.25, -0.2) is 0 Å². The lowest BCUT2D eigenvalue weighted by Crippen LogP contribution is -2.34. The SMILES string of the molecule is CCc1ccc(N(C)C(=O)C(C#N)C(C)C)cc1. The second kappa shape index (κ2) is 6.20. The van der Waals surface area contributed by atoms with Crippen LogP contribution >= 0.6 is 0 Å². The Morgan fingerprint density at radius 1 is 1.33 bits per heavy atom. The maximum absolute atomic E-state index is 12.2. The van der Waals surface area contributed by atoms with Crippen LogP contribution in [0, 0.1) is 23.2 Å². The zero-order valence-electron chi connectivity index (χ0n) is 11.5. The monoisotopic (exact) mass is 244 g/mol. The molecule has 3 nitrogen and oxygen atoms in total. The van der Waals surface area contributed by atoms with E-state index in [1.165, 1.54) is 5.56 Å². The van der Waals surface area contributed by atoms with E-state index < -0.39 is 5.92 Å². The Kier molecular flexibility index (Phi) is 4.91. The van der Waals surface area contributed by atoms with Crippen molar-refractivity contribution in [3.8, 4) is 6.07 Å². The molecule has 0 aliphatic carbocycles. The van der Waals surface area contributed by atoms with Crippen molar-refractivity contribution < 1.29 is 4.79 Å². The molecule has 1 atom stereocenters. The highest BCUT2D eigenvalue weighted by atomic mass is 16.2. The highest BCUT2D eigenvalue weighted by Crippen LogP contribution is 2.19. The van der Waals surface area contributed by atoms with Crippen LogP contribution < -0.4 is 4.90 Å². The molecule has 18 heavy (non-hydrogen) atoms. The topological polar surface area (TPSA) is 44.1 Å². The van der Waals surface area contributed by atoms with Crippen LogP contribution in [0.15, 0.2) is 24.3 Å². The first-order chi connectivity index (χ1) is 8.51. The molecular formula is C15H20N2O. The minimum atomic E-state index is -0.583. The maximum atomic E-state index is 12.2. The number of nitriles is 1. The molecule has 1 rings (SSSR count). The van der Waals surface area contributed by atoms with Crippen LogP contribution in [0.4, 0.5) is 5.69 Å². The van der Waals surface area contributed by atoms with Crippen LogP contribution in [0.3, 0.4) is 0 Å². The Morgan fingerprint density at radius 3 is 2.28 bits per heavy atom. The molecular weight excluding hydrogens is 224 g/mol. The van der Waals surface area contributed by atoms with Gasteiger partial charge in [0.1, 0.15) is 5.92 Å². The van der Waals surface area contributed by atoms with Crippen LogP contribution in [-0.4, -0.2) is 13.0 Å². The minimum Gasteiger partial charge on any atom is -0.314 e. The first kappa shape index (κ1) is 14.2. The number of hydrogen-bond acceptors (Lipinski definition) is 2. The van der Waals surface area contributed by atoms with Crippen molar-refractivity contribution in [3.63, 3.8) is 0 Å². The number of rotatable bonds is 4. The summed E-state index contributed by atoms with van der Waals surface area (Å²) in [5.41, 5.74) is 2.07. The van der Waals surface area contributed by atoms with Gasteiger partial charge in [0, 0.05) is 12.7 Å². The van der Waals surface area contributed by atoms with Gasteiger partial charge in [0.05, 0.1) is 6.07 Å². The molecule has 1 aromatic carbocycles. The zero-order valence-corrected chi connectivity index (χ0v) is 11.5. The predicted octanol–water partition coefficient (Wildman–Crippen LogP) is 3.01. The summed E-state index contributed by atoms with van der Waals surface area (Å²) >= 11 is 0. The van der Waals surface area contributed by atoms with E-state index in [1.807, 2.05) is 38.1 Å². The third-order valence-corrected chi connectivity index (χ3v) is 3.13. The van der Waals surface area contributed by atoms with Gasteiger partial charge in [-0.3, -0.25) is 4.79 Å². The van der Waals surface area contributed by atoms with Crippen molar-refractivity contribution in [1.82, 2.24) is 0 Å². The summed E-state index contributed by atoms with van der Waals surface area (Å²) in [5.74, 6) is -0.697. The number of carbonyl (C=O) groups is 1. The second-order valence-corrected chi connectivity index (χ2v) is 4.77. The predicted molar refractivity (Wildman–Crippen MR) is 73.2 cm³/mol. The molecule has 0 spiro atoms. The number of benzene rings is 1. The fourth-order valence-electron chi connectivity index (χ4n) is 1.78. The van der Waals surface area contributed by atoms with Gasteiger partial charge in [-0.15, -0.1) is 0 Å². The van der Waals surface area contributed by atoms with Gasteiger partial charge >= 0.3 is 0 Å². The van der Waals surface area contributed by atoms with Crippen LogP contribution in [0.5, 0.6) is 0 Å². The molecule has 0 radical (unpaired) electrons. The van der Waals surface area contributed by atoms with Gasteiger partial charge in [-0.2, -0.15) is 5.26 Å². The Bertz CT molecular complexity index is 443. The molecule has 0 saturated carbocycles. The van der Waals surface area contributed by atoms with Crippen LogP contribution in [0.1, 0.15) is 26.3 Å². The summed E-state index contributed by atoms with van der Waals surface area (Å²) in [6, 6.07) is 9.95. The van der Waals surface area contributed by atoms with E-state index >= 15 is 0 Å². The average molecular weight is 244 g/mol. The molecule has 0 fully saturated rings. The van der Waals surface area contributed by atoms with E-state index in [0.717, 1.165) is 12.1 Å². The molecule has 1 unspecified atom stereocenters. The van der Waals surface area contributed by atoms with Crippen LogP contribution in [-0.2, 0) is 11.2 Å². The lowest BCUT2D eigenvalue weighted by Gasteiger charge is -2.22. The zero-order chi connectivity index (χ0) is 13.7. The van der Waals surface area contributed by atoms with Gasteiger partial charge in [-0.1, -0.05) is 32.9 Å². The molecule has 96 valence electrons. The Balaban J connectivity index is 2.89. The van der Waals surface area contributed by atoms with Crippen molar-refractivity contribution in [1.29, 1.82) is 5.26 Å². The summed E-state index contributed by atoms with van der Waals surface area (Å²) in [7, 11) is 1.72. The van der Waals surface area contributed by atoms with Gasteiger partial charge in [-0.05, 0) is 30.0 Å². The summed E-state index contributed by atoms with van der Waals surface area (Å²) in [6.45, 7) is 5.87. The largest absolute Gasteiger partial charge is 0.314 e. The number of nitrogens with zero attached hydrogens (tertiary/aromatic N) is 2. The smallest absolute Gasteiger partial charge is 0.244 e. The molecule has 1 amide bonds. The molecule has 1 aromatic rings. The van der Waals surface area contributed by atoms with E-state index in [-0.39, 0.29) is 11.8 Å². The molecule has 0 aliphatic heterocycles. The van der Waals surface area contributed by atoms with Crippen molar-refractivity contribution in [2.75, 3.05) is 11.9 Å². The lowest BCUT2D eigenvalue weighted by atomic mass is 9.96. The second-order valence-electron chi connectivity index (χ2n) is 4.77. The first-order valence-electron chi connectivity index (χ1n) is 6.27. The first-order valence-corrected chi connectivity index (χ1v) is 6.27. The van der Waals surface area contributed by atoms with E-state index in [0.29, 0.717) is 0 Å². The molecule has 0 aromatic heterocycles. The highest BCUT2D eigenvalue weighted by molar-refractivity contribution is 5.96. The number of carbonyl (C=O) groups excluding carboxylic acids is 1. The summed E-state index contributed by atoms with van der Waals surface area (Å²) in [6.07, 6.45) is 0.977. The number of anilines is 1. The van der Waals surface area contributed by atoms with Crippen molar-refractivity contribution >= 4 is 11.6 Å². The third kappa shape index (κ3) is 3.10. The quantitative estimate of drug-likeness (QED) is 0.817. The molecule has 3 heteroatoms. The Morgan fingerprint density at radius 2 is 1.89 bits per heavy atom. The normalized spacial score (nSPS) is 12.0. The van der Waals surface area contributed by atoms with Gasteiger partial charge < -0.3 is 4.90 Å². The number of amides is 1. The van der Waals surface area contributed by atoms with Gasteiger partial charge in [0.2, 0.25) is 5.91 Å². The third-order valence-electron chi connectivity index (χ3n) is 3.13. The van der Waals surface area contributed by atoms with Gasteiger partial charge in [0.15, 0.2) is 0 Å². The molecule has 0 bridgehead atoms. The van der Waals surface area contributed by atoms with E-state index in [4.69, 9.17) is 5.26 Å². The Labute approximate surface area is 109 Å². The number of hydrogen-bond donors (Lipinski definition) is 0. The fourth-order valence-corrected chi connectivity index (χ4v) is 1.78. The average Bonchev–Trinajstić information content (AvgIpc) is 2.38. The van der Waals surface area contributed by atoms with E-state index in [2.05, 4.69) is 13.0 Å². The van der Waals surface area contributed by atoms with Crippen molar-refractivity contribution in [2.45, 2.75) is 27.2 Å². The van der Waals surface area contributed by atoms with Crippen molar-refractivity contribution in [3.05, 3.63) is 29.8 Å². The highest BCUT2D eigenvalue weighted by Gasteiger charge is 2.25. The summed E-state index contributed by atoms with van der Waals surface area (Å²) in [4.78, 5) is 13.7. The van der Waals surface area contributed by atoms with E-state index in [1.54, 1.807) is 11.9 Å². The molecule has 0 saturated heterocycles. The molecule has 0 aliphatic rings. The standard InChI is InChI=1S/C15H20N2O/c1-5-12-6-8-13(9-7-12)17(4)15(18)14(10-16)11(2)3/h6-9,11,14H,5H2,1-4H3. The van der Waals surface area contributed by atoms with E-state index in [9.17, 15) is 4.79 Å². The van der Waals surface area contributed by atoms with Crippen LogP contribution in [0.2, 0.25) is 0 Å². The van der Waals surface area contributed by atoms with Crippen LogP contribution in [0.25, 0.3) is 0 Å². The molecule has 0 heterocycles. The summed E-state index contributed by atoms with van der Waals surface area (Å²) < 4.78 is 0. The van der Waals surface area contributed by atoms with Gasteiger partial charge in [0.25, 0.3) is 0 Å². The van der Waals surface area contributed by atoms with Crippen molar-refractivity contribution in [2.24, 2.45) is 11.8 Å². The Hall–Kier alpha value is -1.82. The molecule has 0 N–H and O–H groups in total. The maximum Gasteiger partial charge on any atom is 0.244 e. The fraction of sp³-hybridized carbons (Fsp3) is 0.467. The summed E-state index contributed by atoms with van der Waals surface area (Å²) in [5, 5.41) is 9.05. The lowest BCUT2D eigenvalue weighted by molar-refractivity contribution is -0.121. The number of aryl methyl sites for hydroxylation is 1.